The number of amides is 1. The zero-order valence-electron chi connectivity index (χ0n) is 17.0. The zero-order chi connectivity index (χ0) is 21.0. The summed E-state index contributed by atoms with van der Waals surface area (Å²) in [5.74, 6) is -1.69. The monoisotopic (exact) mass is 393 g/mol. The van der Waals surface area contributed by atoms with Crippen LogP contribution in [0.4, 0.5) is 0 Å². The van der Waals surface area contributed by atoms with Crippen molar-refractivity contribution in [1.29, 1.82) is 0 Å². The number of hydrogen-bond acceptors (Lipinski definition) is 3. The second-order valence-electron chi connectivity index (χ2n) is 7.65. The van der Waals surface area contributed by atoms with Gasteiger partial charge >= 0.3 is 5.97 Å². The Hall–Kier alpha value is -3.08. The molecule has 0 heterocycles. The average Bonchev–Trinajstić information content (AvgIpc) is 2.74. The predicted octanol–water partition coefficient (Wildman–Crippen LogP) is 4.35. The molecule has 0 bridgehead atoms. The molecule has 0 radical (unpaired) electrons. The van der Waals surface area contributed by atoms with Crippen LogP contribution in [0.25, 0.3) is 0 Å². The summed E-state index contributed by atoms with van der Waals surface area (Å²) in [6.45, 7) is 3.93. The predicted molar refractivity (Wildman–Crippen MR) is 112 cm³/mol. The molecule has 5 nitrogen and oxygen atoms in total. The van der Waals surface area contributed by atoms with Crippen LogP contribution in [-0.4, -0.2) is 24.1 Å². The second kappa shape index (κ2) is 8.95. The minimum Gasteiger partial charge on any atom is -0.497 e. The Morgan fingerprint density at radius 3 is 2.03 bits per heavy atom. The summed E-state index contributed by atoms with van der Waals surface area (Å²) in [5, 5.41) is 12.8. The Morgan fingerprint density at radius 1 is 0.931 bits per heavy atom. The van der Waals surface area contributed by atoms with Crippen LogP contribution < -0.4 is 10.1 Å². The van der Waals surface area contributed by atoms with Gasteiger partial charge in [-0.05, 0) is 49.9 Å². The molecule has 0 unspecified atom stereocenters. The highest BCUT2D eigenvalue weighted by atomic mass is 16.5. The van der Waals surface area contributed by atoms with Crippen molar-refractivity contribution in [2.24, 2.45) is 11.8 Å². The van der Waals surface area contributed by atoms with Crippen molar-refractivity contribution in [1.82, 2.24) is 5.32 Å². The number of nitrogens with one attached hydrogen (secondary N) is 1. The summed E-state index contributed by atoms with van der Waals surface area (Å²) in [6, 6.07) is 16.9. The van der Waals surface area contributed by atoms with E-state index in [-0.39, 0.29) is 11.9 Å². The highest BCUT2D eigenvalue weighted by Crippen LogP contribution is 2.35. The first kappa shape index (κ1) is 20.6. The van der Waals surface area contributed by atoms with Crippen LogP contribution in [0, 0.1) is 11.8 Å². The molecule has 5 heteroatoms. The van der Waals surface area contributed by atoms with Crippen LogP contribution >= 0.6 is 0 Å². The van der Waals surface area contributed by atoms with E-state index in [1.165, 1.54) is 0 Å². The van der Waals surface area contributed by atoms with Crippen molar-refractivity contribution < 1.29 is 19.4 Å². The van der Waals surface area contributed by atoms with Crippen molar-refractivity contribution in [3.8, 4) is 5.75 Å². The van der Waals surface area contributed by atoms with Gasteiger partial charge in [-0.25, -0.2) is 0 Å². The van der Waals surface area contributed by atoms with Crippen LogP contribution in [0.5, 0.6) is 5.75 Å². The molecule has 1 aliphatic rings. The molecule has 0 saturated heterocycles. The van der Waals surface area contributed by atoms with Gasteiger partial charge in [0.1, 0.15) is 5.75 Å². The molecule has 0 saturated carbocycles. The Balaban J connectivity index is 1.90. The number of carboxylic acids is 1. The molecule has 1 aliphatic carbocycles. The third-order valence-corrected chi connectivity index (χ3v) is 5.79. The highest BCUT2D eigenvalue weighted by Gasteiger charge is 2.38. The number of benzene rings is 2. The molecule has 29 heavy (non-hydrogen) atoms. The Bertz CT molecular complexity index is 902. The molecule has 0 aromatic heterocycles. The standard InChI is InChI=1S/C24H27NO4/c1-15-13-20(21(24(27)28)14-16(15)2)23(26)25-22(17-7-5-4-6-8-17)18-9-11-19(29-3)12-10-18/h4-12,20-22H,13-14H2,1-3H3,(H,25,26)(H,27,28)/t20-,21-,22+/m1/s1. The molecule has 0 fully saturated rings. The van der Waals surface area contributed by atoms with E-state index in [1.807, 2.05) is 68.4 Å². The van der Waals surface area contributed by atoms with Crippen molar-refractivity contribution in [2.75, 3.05) is 7.11 Å². The molecule has 1 amide bonds. The number of rotatable bonds is 6. The summed E-state index contributed by atoms with van der Waals surface area (Å²) in [6.07, 6.45) is 0.885. The number of carbonyl (C=O) groups is 2. The summed E-state index contributed by atoms with van der Waals surface area (Å²) in [4.78, 5) is 25.0. The maximum Gasteiger partial charge on any atom is 0.307 e. The minimum atomic E-state index is -0.919. The van der Waals surface area contributed by atoms with E-state index in [0.29, 0.717) is 12.8 Å². The number of carboxylic acid groups (broad SMARTS) is 1. The van der Waals surface area contributed by atoms with E-state index < -0.39 is 17.8 Å². The molecule has 3 atom stereocenters. The first-order chi connectivity index (χ1) is 13.9. The third kappa shape index (κ3) is 4.67. The molecule has 2 aromatic rings. The lowest BCUT2D eigenvalue weighted by molar-refractivity contribution is -0.147. The summed E-state index contributed by atoms with van der Waals surface area (Å²) in [7, 11) is 1.61. The fourth-order valence-electron chi connectivity index (χ4n) is 3.88. The van der Waals surface area contributed by atoms with E-state index in [0.717, 1.165) is 28.0 Å². The van der Waals surface area contributed by atoms with E-state index in [4.69, 9.17) is 4.74 Å². The fraction of sp³-hybridized carbons (Fsp3) is 0.333. The van der Waals surface area contributed by atoms with Gasteiger partial charge in [0.05, 0.1) is 25.0 Å². The first-order valence-corrected chi connectivity index (χ1v) is 9.78. The van der Waals surface area contributed by atoms with Gasteiger partial charge in [-0.2, -0.15) is 0 Å². The Morgan fingerprint density at radius 2 is 1.48 bits per heavy atom. The van der Waals surface area contributed by atoms with Gasteiger partial charge in [-0.1, -0.05) is 53.6 Å². The van der Waals surface area contributed by atoms with Gasteiger partial charge in [0.25, 0.3) is 0 Å². The number of carbonyl (C=O) groups excluding carboxylic acids is 1. The largest absolute Gasteiger partial charge is 0.497 e. The number of aliphatic carboxylic acids is 1. The lowest BCUT2D eigenvalue weighted by Crippen LogP contribution is -2.41. The van der Waals surface area contributed by atoms with Gasteiger partial charge in [0, 0.05) is 0 Å². The minimum absolute atomic E-state index is 0.228. The lowest BCUT2D eigenvalue weighted by atomic mass is 9.76. The van der Waals surface area contributed by atoms with E-state index in [1.54, 1.807) is 7.11 Å². The maximum absolute atomic E-state index is 13.2. The van der Waals surface area contributed by atoms with Crippen LogP contribution in [0.15, 0.2) is 65.7 Å². The van der Waals surface area contributed by atoms with E-state index in [9.17, 15) is 14.7 Å². The van der Waals surface area contributed by atoms with Crippen LogP contribution in [0.1, 0.15) is 43.9 Å². The molecule has 0 spiro atoms. The van der Waals surface area contributed by atoms with E-state index in [2.05, 4.69) is 5.32 Å². The van der Waals surface area contributed by atoms with Crippen molar-refractivity contribution in [2.45, 2.75) is 32.7 Å². The van der Waals surface area contributed by atoms with Crippen molar-refractivity contribution in [3.05, 3.63) is 76.9 Å². The van der Waals surface area contributed by atoms with Gasteiger partial charge in [-0.3, -0.25) is 9.59 Å². The zero-order valence-corrected chi connectivity index (χ0v) is 17.0. The number of allylic oxidation sites excluding steroid dienone is 2. The molecule has 2 N–H and O–H groups in total. The molecule has 0 aliphatic heterocycles. The van der Waals surface area contributed by atoms with Crippen LogP contribution in [-0.2, 0) is 9.59 Å². The van der Waals surface area contributed by atoms with Gasteiger partial charge in [0.15, 0.2) is 0 Å². The molecule has 2 aromatic carbocycles. The third-order valence-electron chi connectivity index (χ3n) is 5.79. The lowest BCUT2D eigenvalue weighted by Gasteiger charge is -2.31. The Kier molecular flexibility index (Phi) is 6.37. The summed E-state index contributed by atoms with van der Waals surface area (Å²) < 4.78 is 5.24. The number of hydrogen-bond donors (Lipinski definition) is 2. The maximum atomic E-state index is 13.2. The quantitative estimate of drug-likeness (QED) is 0.716. The smallest absolute Gasteiger partial charge is 0.307 e. The number of methoxy groups -OCH3 is 1. The van der Waals surface area contributed by atoms with Gasteiger partial charge in [0.2, 0.25) is 5.91 Å². The fourth-order valence-corrected chi connectivity index (χ4v) is 3.88. The summed E-state index contributed by atoms with van der Waals surface area (Å²) >= 11 is 0. The molecule has 152 valence electrons. The first-order valence-electron chi connectivity index (χ1n) is 9.78. The van der Waals surface area contributed by atoms with Crippen molar-refractivity contribution in [3.63, 3.8) is 0 Å². The highest BCUT2D eigenvalue weighted by molar-refractivity contribution is 5.86. The topological polar surface area (TPSA) is 75.6 Å². The molecular formula is C24H27NO4. The van der Waals surface area contributed by atoms with Crippen molar-refractivity contribution >= 4 is 11.9 Å². The molecule has 3 rings (SSSR count). The second-order valence-corrected chi connectivity index (χ2v) is 7.65. The van der Waals surface area contributed by atoms with Gasteiger partial charge in [-0.15, -0.1) is 0 Å². The normalized spacial score (nSPS) is 20.1. The van der Waals surface area contributed by atoms with Gasteiger partial charge < -0.3 is 15.2 Å². The van der Waals surface area contributed by atoms with Crippen LogP contribution in [0.2, 0.25) is 0 Å². The SMILES string of the molecule is COc1ccc([C@@H](NC(=O)[C@@H]2CC(C)=C(C)C[C@H]2C(=O)O)c2ccccc2)cc1. The number of ether oxygens (including phenoxy) is 1. The van der Waals surface area contributed by atoms with Crippen LogP contribution in [0.3, 0.4) is 0 Å². The Labute approximate surface area is 171 Å². The van der Waals surface area contributed by atoms with E-state index >= 15 is 0 Å². The summed E-state index contributed by atoms with van der Waals surface area (Å²) in [5.41, 5.74) is 4.02. The molecular weight excluding hydrogens is 366 g/mol. The average molecular weight is 393 g/mol.